The summed E-state index contributed by atoms with van der Waals surface area (Å²) in [5.74, 6) is 0. The van der Waals surface area contributed by atoms with Gasteiger partial charge in [-0.15, -0.1) is 11.3 Å². The van der Waals surface area contributed by atoms with Crippen LogP contribution in [0.3, 0.4) is 0 Å². The molecule has 16 heavy (non-hydrogen) atoms. The predicted octanol–water partition coefficient (Wildman–Crippen LogP) is 2.40. The molecule has 1 atom stereocenters. The molecule has 0 aliphatic carbocycles. The largest absolute Gasteiger partial charge is 0.380 e. The van der Waals surface area contributed by atoms with Gasteiger partial charge in [-0.3, -0.25) is 0 Å². The molecule has 1 aromatic heterocycles. The van der Waals surface area contributed by atoms with E-state index in [9.17, 15) is 0 Å². The van der Waals surface area contributed by atoms with Gasteiger partial charge < -0.3 is 10.1 Å². The van der Waals surface area contributed by atoms with Crippen LogP contribution in [-0.2, 0) is 11.2 Å². The zero-order valence-corrected chi connectivity index (χ0v) is 11.3. The van der Waals surface area contributed by atoms with E-state index in [1.807, 2.05) is 13.8 Å². The van der Waals surface area contributed by atoms with Crippen molar-refractivity contribution in [3.05, 3.63) is 16.1 Å². The topological polar surface area (TPSA) is 34.1 Å². The monoisotopic (exact) mass is 242 g/mol. The van der Waals surface area contributed by atoms with Gasteiger partial charge in [0.25, 0.3) is 0 Å². The Labute approximate surface area is 102 Å². The molecule has 3 nitrogen and oxygen atoms in total. The van der Waals surface area contributed by atoms with Gasteiger partial charge in [-0.2, -0.15) is 0 Å². The van der Waals surface area contributed by atoms with Crippen LogP contribution >= 0.6 is 11.3 Å². The fourth-order valence-corrected chi connectivity index (χ4v) is 2.18. The molecule has 1 unspecified atom stereocenters. The minimum atomic E-state index is 0.390. The third kappa shape index (κ3) is 5.05. The summed E-state index contributed by atoms with van der Waals surface area (Å²) in [6.07, 6.45) is 2.11. The third-order valence-electron chi connectivity index (χ3n) is 2.33. The van der Waals surface area contributed by atoms with E-state index in [1.54, 1.807) is 11.3 Å². The summed E-state index contributed by atoms with van der Waals surface area (Å²) in [4.78, 5) is 4.49. The van der Waals surface area contributed by atoms with Gasteiger partial charge in [-0.1, -0.05) is 6.92 Å². The Hall–Kier alpha value is -0.450. The molecule has 1 aromatic rings. The van der Waals surface area contributed by atoms with Gasteiger partial charge in [0.1, 0.15) is 0 Å². The molecule has 92 valence electrons. The van der Waals surface area contributed by atoms with Crippen LogP contribution in [0.25, 0.3) is 0 Å². The van der Waals surface area contributed by atoms with Gasteiger partial charge in [0, 0.05) is 24.4 Å². The zero-order valence-electron chi connectivity index (χ0n) is 10.5. The average molecular weight is 242 g/mol. The second-order valence-electron chi connectivity index (χ2n) is 3.87. The molecule has 0 saturated heterocycles. The highest BCUT2D eigenvalue weighted by Crippen LogP contribution is 2.10. The first-order valence-electron chi connectivity index (χ1n) is 5.98. The van der Waals surface area contributed by atoms with Crippen molar-refractivity contribution in [3.63, 3.8) is 0 Å². The lowest BCUT2D eigenvalue weighted by atomic mass is 10.2. The van der Waals surface area contributed by atoms with E-state index in [0.717, 1.165) is 37.6 Å². The SMILES string of the molecule is CCCNC(COCC)Cc1csc(C)n1. The number of thiazole rings is 1. The molecule has 0 bridgehead atoms. The quantitative estimate of drug-likeness (QED) is 0.760. The maximum Gasteiger partial charge on any atom is 0.0897 e. The van der Waals surface area contributed by atoms with Crippen molar-refractivity contribution in [1.29, 1.82) is 0 Å². The minimum Gasteiger partial charge on any atom is -0.380 e. The van der Waals surface area contributed by atoms with Crippen molar-refractivity contribution in [2.24, 2.45) is 0 Å². The molecular weight excluding hydrogens is 220 g/mol. The Bertz CT molecular complexity index is 280. The molecule has 4 heteroatoms. The number of ether oxygens (including phenoxy) is 1. The standard InChI is InChI=1S/C12H22N2OS/c1-4-6-13-11(8-15-5-2)7-12-9-16-10(3)14-12/h9,11,13H,4-8H2,1-3H3. The van der Waals surface area contributed by atoms with E-state index in [2.05, 4.69) is 22.6 Å². The summed E-state index contributed by atoms with van der Waals surface area (Å²) in [7, 11) is 0. The molecule has 1 heterocycles. The van der Waals surface area contributed by atoms with E-state index in [4.69, 9.17) is 4.74 Å². The number of nitrogens with zero attached hydrogens (tertiary/aromatic N) is 1. The molecule has 0 radical (unpaired) electrons. The number of aromatic nitrogens is 1. The first-order chi connectivity index (χ1) is 7.76. The second-order valence-corrected chi connectivity index (χ2v) is 4.93. The van der Waals surface area contributed by atoms with Crippen LogP contribution in [0.1, 0.15) is 31.0 Å². The lowest BCUT2D eigenvalue weighted by Gasteiger charge is -2.17. The van der Waals surface area contributed by atoms with Gasteiger partial charge >= 0.3 is 0 Å². The molecule has 0 aromatic carbocycles. The lowest BCUT2D eigenvalue weighted by molar-refractivity contribution is 0.122. The Morgan fingerprint density at radius 3 is 2.88 bits per heavy atom. The van der Waals surface area contributed by atoms with E-state index in [-0.39, 0.29) is 0 Å². The highest BCUT2D eigenvalue weighted by Gasteiger charge is 2.10. The number of nitrogens with one attached hydrogen (secondary N) is 1. The van der Waals surface area contributed by atoms with Gasteiger partial charge in [-0.05, 0) is 26.8 Å². The summed E-state index contributed by atoms with van der Waals surface area (Å²) in [5.41, 5.74) is 1.18. The predicted molar refractivity (Wildman–Crippen MR) is 69.1 cm³/mol. The number of hydrogen-bond donors (Lipinski definition) is 1. The smallest absolute Gasteiger partial charge is 0.0897 e. The molecular formula is C12H22N2OS. The maximum atomic E-state index is 5.48. The van der Waals surface area contributed by atoms with Gasteiger partial charge in [0.2, 0.25) is 0 Å². The first kappa shape index (κ1) is 13.6. The van der Waals surface area contributed by atoms with Crippen molar-refractivity contribution in [3.8, 4) is 0 Å². The normalized spacial score (nSPS) is 12.9. The van der Waals surface area contributed by atoms with Crippen LogP contribution in [0.4, 0.5) is 0 Å². The maximum absolute atomic E-state index is 5.48. The summed E-state index contributed by atoms with van der Waals surface area (Å²) in [6, 6.07) is 0.390. The lowest BCUT2D eigenvalue weighted by Crippen LogP contribution is -2.36. The van der Waals surface area contributed by atoms with Crippen LogP contribution in [0, 0.1) is 6.92 Å². The third-order valence-corrected chi connectivity index (χ3v) is 3.15. The molecule has 0 amide bonds. The molecule has 1 N–H and O–H groups in total. The summed E-state index contributed by atoms with van der Waals surface area (Å²) in [6.45, 7) is 8.85. The van der Waals surface area contributed by atoms with Crippen molar-refractivity contribution >= 4 is 11.3 Å². The van der Waals surface area contributed by atoms with Crippen LogP contribution < -0.4 is 5.32 Å². The highest BCUT2D eigenvalue weighted by atomic mass is 32.1. The number of hydrogen-bond acceptors (Lipinski definition) is 4. The second kappa shape index (κ2) is 7.76. The first-order valence-corrected chi connectivity index (χ1v) is 6.86. The van der Waals surface area contributed by atoms with Crippen molar-refractivity contribution in [1.82, 2.24) is 10.3 Å². The van der Waals surface area contributed by atoms with Crippen LogP contribution in [-0.4, -0.2) is 30.8 Å². The highest BCUT2D eigenvalue weighted by molar-refractivity contribution is 7.09. The summed E-state index contributed by atoms with van der Waals surface area (Å²) in [5, 5.41) is 6.78. The van der Waals surface area contributed by atoms with Crippen molar-refractivity contribution in [2.45, 2.75) is 39.7 Å². The van der Waals surface area contributed by atoms with Crippen LogP contribution in [0.15, 0.2) is 5.38 Å². The van der Waals surface area contributed by atoms with Crippen LogP contribution in [0.5, 0.6) is 0 Å². The Morgan fingerprint density at radius 2 is 2.31 bits per heavy atom. The van der Waals surface area contributed by atoms with E-state index in [1.165, 1.54) is 5.69 Å². The number of aryl methyl sites for hydroxylation is 1. The van der Waals surface area contributed by atoms with Crippen molar-refractivity contribution < 1.29 is 4.74 Å². The molecule has 1 rings (SSSR count). The van der Waals surface area contributed by atoms with Crippen LogP contribution in [0.2, 0.25) is 0 Å². The average Bonchev–Trinajstić information content (AvgIpc) is 2.68. The Morgan fingerprint density at radius 1 is 1.50 bits per heavy atom. The van der Waals surface area contributed by atoms with E-state index < -0.39 is 0 Å². The van der Waals surface area contributed by atoms with E-state index >= 15 is 0 Å². The number of rotatable bonds is 8. The van der Waals surface area contributed by atoms with Gasteiger partial charge in [0.05, 0.1) is 17.3 Å². The summed E-state index contributed by atoms with van der Waals surface area (Å²) < 4.78 is 5.48. The van der Waals surface area contributed by atoms with Crippen molar-refractivity contribution in [2.75, 3.05) is 19.8 Å². The minimum absolute atomic E-state index is 0.390. The Kier molecular flexibility index (Phi) is 6.61. The molecule has 0 saturated carbocycles. The molecule has 0 aliphatic heterocycles. The summed E-state index contributed by atoms with van der Waals surface area (Å²) >= 11 is 1.71. The molecule has 0 spiro atoms. The Balaban J connectivity index is 2.41. The van der Waals surface area contributed by atoms with E-state index in [0.29, 0.717) is 6.04 Å². The van der Waals surface area contributed by atoms with Gasteiger partial charge in [0.15, 0.2) is 0 Å². The fraction of sp³-hybridized carbons (Fsp3) is 0.750. The molecule has 0 aliphatic rings. The zero-order chi connectivity index (χ0) is 11.8. The fourth-order valence-electron chi connectivity index (χ4n) is 1.55. The van der Waals surface area contributed by atoms with Gasteiger partial charge in [-0.25, -0.2) is 4.98 Å². The molecule has 0 fully saturated rings.